The highest BCUT2D eigenvalue weighted by Gasteiger charge is 2.43. The zero-order valence-corrected chi connectivity index (χ0v) is 15.4. The third-order valence-corrected chi connectivity index (χ3v) is 5.43. The van der Waals surface area contributed by atoms with Gasteiger partial charge in [0.05, 0.1) is 11.1 Å². The number of amides is 1. The summed E-state index contributed by atoms with van der Waals surface area (Å²) < 4.78 is 0. The largest absolute Gasteiger partial charge is 0.385 e. The first-order valence-corrected chi connectivity index (χ1v) is 9.21. The fraction of sp³-hybridized carbons (Fsp3) is 0.429. The number of aromatic nitrogens is 1. The van der Waals surface area contributed by atoms with Crippen molar-refractivity contribution in [2.24, 2.45) is 11.7 Å². The van der Waals surface area contributed by atoms with Gasteiger partial charge in [0.1, 0.15) is 5.82 Å². The van der Waals surface area contributed by atoms with Gasteiger partial charge >= 0.3 is 0 Å². The molecule has 138 valence electrons. The van der Waals surface area contributed by atoms with Gasteiger partial charge in [-0.15, -0.1) is 0 Å². The molecule has 0 spiro atoms. The van der Waals surface area contributed by atoms with Gasteiger partial charge in [-0.25, -0.2) is 4.98 Å². The number of carbonyl (C=O) groups excluding carboxylic acids is 1. The molecular formula is C21H27N3O2. The van der Waals surface area contributed by atoms with Crippen LogP contribution in [0.25, 0.3) is 6.08 Å². The molecule has 2 heterocycles. The molecule has 5 nitrogen and oxygen atoms in total. The van der Waals surface area contributed by atoms with E-state index in [2.05, 4.69) is 17.2 Å². The number of aliphatic hydroxyl groups is 1. The van der Waals surface area contributed by atoms with Crippen molar-refractivity contribution in [1.82, 2.24) is 4.98 Å². The summed E-state index contributed by atoms with van der Waals surface area (Å²) >= 11 is 0. The molecule has 3 atom stereocenters. The van der Waals surface area contributed by atoms with E-state index in [1.165, 1.54) is 0 Å². The van der Waals surface area contributed by atoms with Crippen LogP contribution in [0.5, 0.6) is 0 Å². The monoisotopic (exact) mass is 353 g/mol. The zero-order chi connectivity index (χ0) is 18.8. The number of anilines is 1. The molecule has 5 heteroatoms. The van der Waals surface area contributed by atoms with E-state index in [0.29, 0.717) is 18.4 Å². The molecule has 4 N–H and O–H groups in total. The highest BCUT2D eigenvalue weighted by molar-refractivity contribution is 6.01. The van der Waals surface area contributed by atoms with Crippen LogP contribution in [-0.4, -0.2) is 27.1 Å². The molecule has 0 bridgehead atoms. The molecule has 0 saturated heterocycles. The fourth-order valence-corrected chi connectivity index (χ4v) is 3.91. The van der Waals surface area contributed by atoms with Gasteiger partial charge in [-0.05, 0) is 38.0 Å². The minimum absolute atomic E-state index is 0.121. The molecule has 26 heavy (non-hydrogen) atoms. The number of primary amides is 1. The number of pyridine rings is 1. The molecule has 2 aliphatic rings. The van der Waals surface area contributed by atoms with Crippen LogP contribution in [0.1, 0.15) is 45.1 Å². The standard InChI is InChI=1S/C21H27N3O2/c1-3-4-10-21(26)11-6-5-9-16(21)14-20(2)17(18(22)25)13-15-8-7-12-23-19(15)24-20/h5-9,11-13,16,26H,3-4,10,14H2,1-2H3,(H2,22,25)(H,23,24). The van der Waals surface area contributed by atoms with Gasteiger partial charge in [0.2, 0.25) is 5.91 Å². The van der Waals surface area contributed by atoms with Crippen molar-refractivity contribution in [2.75, 3.05) is 5.32 Å². The minimum Gasteiger partial charge on any atom is -0.385 e. The van der Waals surface area contributed by atoms with Gasteiger partial charge in [0.15, 0.2) is 0 Å². The SMILES string of the molecule is CCCCC1(O)C=CC=CC1CC1(C)Nc2ncccc2C=C1C(N)=O. The Labute approximate surface area is 154 Å². The van der Waals surface area contributed by atoms with Gasteiger partial charge in [-0.2, -0.15) is 0 Å². The third-order valence-electron chi connectivity index (χ3n) is 5.43. The summed E-state index contributed by atoms with van der Waals surface area (Å²) in [5.74, 6) is 0.152. The lowest BCUT2D eigenvalue weighted by Crippen LogP contribution is -2.49. The van der Waals surface area contributed by atoms with Gasteiger partial charge < -0.3 is 16.2 Å². The summed E-state index contributed by atoms with van der Waals surface area (Å²) in [5, 5.41) is 14.6. The molecule has 1 aromatic heterocycles. The molecule has 1 aliphatic heterocycles. The minimum atomic E-state index is -0.914. The predicted molar refractivity (Wildman–Crippen MR) is 104 cm³/mol. The molecule has 1 aliphatic carbocycles. The van der Waals surface area contributed by atoms with Crippen molar-refractivity contribution >= 4 is 17.8 Å². The van der Waals surface area contributed by atoms with E-state index in [9.17, 15) is 9.90 Å². The van der Waals surface area contributed by atoms with Crippen LogP contribution in [0.4, 0.5) is 5.82 Å². The molecule has 1 amide bonds. The van der Waals surface area contributed by atoms with Crippen molar-refractivity contribution in [3.8, 4) is 0 Å². The van der Waals surface area contributed by atoms with Crippen LogP contribution >= 0.6 is 0 Å². The van der Waals surface area contributed by atoms with E-state index in [-0.39, 0.29) is 5.92 Å². The predicted octanol–water partition coefficient (Wildman–Crippen LogP) is 3.19. The number of nitrogens with one attached hydrogen (secondary N) is 1. The second-order valence-corrected chi connectivity index (χ2v) is 7.47. The van der Waals surface area contributed by atoms with E-state index >= 15 is 0 Å². The van der Waals surface area contributed by atoms with Crippen LogP contribution in [0, 0.1) is 5.92 Å². The Morgan fingerprint density at radius 2 is 2.23 bits per heavy atom. The van der Waals surface area contributed by atoms with Crippen LogP contribution < -0.4 is 11.1 Å². The Morgan fingerprint density at radius 1 is 1.42 bits per heavy atom. The van der Waals surface area contributed by atoms with Gasteiger partial charge in [-0.1, -0.05) is 44.1 Å². The normalized spacial score (nSPS) is 29.7. The number of fused-ring (bicyclic) bond motifs is 1. The lowest BCUT2D eigenvalue weighted by molar-refractivity contribution is -0.115. The van der Waals surface area contributed by atoms with Crippen molar-refractivity contribution in [3.05, 3.63) is 53.8 Å². The second-order valence-electron chi connectivity index (χ2n) is 7.47. The van der Waals surface area contributed by atoms with Crippen LogP contribution in [-0.2, 0) is 4.79 Å². The molecule has 0 radical (unpaired) electrons. The molecule has 0 fully saturated rings. The Hall–Kier alpha value is -2.40. The highest BCUT2D eigenvalue weighted by atomic mass is 16.3. The topological polar surface area (TPSA) is 88.2 Å². The summed E-state index contributed by atoms with van der Waals surface area (Å²) in [4.78, 5) is 16.5. The number of rotatable bonds is 6. The Kier molecular flexibility index (Phi) is 5.01. The van der Waals surface area contributed by atoms with Crippen LogP contribution in [0.3, 0.4) is 0 Å². The van der Waals surface area contributed by atoms with Crippen molar-refractivity contribution < 1.29 is 9.90 Å². The van der Waals surface area contributed by atoms with Crippen LogP contribution in [0.15, 0.2) is 48.2 Å². The van der Waals surface area contributed by atoms with Crippen LogP contribution in [0.2, 0.25) is 0 Å². The summed E-state index contributed by atoms with van der Waals surface area (Å²) in [7, 11) is 0. The zero-order valence-electron chi connectivity index (χ0n) is 15.4. The number of unbranched alkanes of at least 4 members (excludes halogenated alkanes) is 1. The highest BCUT2D eigenvalue weighted by Crippen LogP contribution is 2.41. The second kappa shape index (κ2) is 7.08. The maximum atomic E-state index is 12.2. The first kappa shape index (κ1) is 18.4. The smallest absolute Gasteiger partial charge is 0.247 e. The van der Waals surface area contributed by atoms with E-state index in [1.807, 2.05) is 49.4 Å². The Morgan fingerprint density at radius 3 is 2.96 bits per heavy atom. The average molecular weight is 353 g/mol. The number of carbonyl (C=O) groups is 1. The van der Waals surface area contributed by atoms with Gasteiger partial charge in [0.25, 0.3) is 0 Å². The molecule has 0 aromatic carbocycles. The maximum absolute atomic E-state index is 12.2. The van der Waals surface area contributed by atoms with Crippen molar-refractivity contribution in [1.29, 1.82) is 0 Å². The first-order valence-electron chi connectivity index (χ1n) is 9.21. The molecule has 0 saturated carbocycles. The number of nitrogens with two attached hydrogens (primary N) is 1. The third kappa shape index (κ3) is 3.44. The molecule has 3 rings (SSSR count). The summed E-state index contributed by atoms with van der Waals surface area (Å²) in [6.45, 7) is 4.06. The summed E-state index contributed by atoms with van der Waals surface area (Å²) in [6.07, 6.45) is 14.5. The Balaban J connectivity index is 1.93. The van der Waals surface area contributed by atoms with Gasteiger partial charge in [-0.3, -0.25) is 4.79 Å². The number of hydrogen-bond acceptors (Lipinski definition) is 4. The lowest BCUT2D eigenvalue weighted by atomic mass is 9.71. The fourth-order valence-electron chi connectivity index (χ4n) is 3.91. The maximum Gasteiger partial charge on any atom is 0.247 e. The summed E-state index contributed by atoms with van der Waals surface area (Å²) in [5.41, 5.74) is 5.43. The first-order chi connectivity index (χ1) is 12.4. The summed E-state index contributed by atoms with van der Waals surface area (Å²) in [6, 6.07) is 3.73. The van der Waals surface area contributed by atoms with Gasteiger partial charge in [0, 0.05) is 23.3 Å². The van der Waals surface area contributed by atoms with E-state index in [0.717, 1.165) is 24.2 Å². The van der Waals surface area contributed by atoms with Crippen molar-refractivity contribution in [3.63, 3.8) is 0 Å². The number of allylic oxidation sites excluding steroid dienone is 2. The van der Waals surface area contributed by atoms with E-state index in [4.69, 9.17) is 5.73 Å². The van der Waals surface area contributed by atoms with E-state index < -0.39 is 17.0 Å². The lowest BCUT2D eigenvalue weighted by Gasteiger charge is -2.42. The van der Waals surface area contributed by atoms with E-state index in [1.54, 1.807) is 6.20 Å². The number of nitrogens with zero attached hydrogens (tertiary/aromatic N) is 1. The molecular weight excluding hydrogens is 326 g/mol. The molecule has 1 aromatic rings. The quantitative estimate of drug-likeness (QED) is 0.733. The van der Waals surface area contributed by atoms with Crippen molar-refractivity contribution in [2.45, 2.75) is 50.7 Å². The molecule has 3 unspecified atom stereocenters. The average Bonchev–Trinajstić information content (AvgIpc) is 2.61. The number of hydrogen-bond donors (Lipinski definition) is 3. The Bertz CT molecular complexity index is 783.